The number of nitrogens with zero attached hydrogens (tertiary/aromatic N) is 2. The van der Waals surface area contributed by atoms with Crippen molar-refractivity contribution in [3.05, 3.63) is 6.07 Å². The van der Waals surface area contributed by atoms with Crippen molar-refractivity contribution in [3.8, 4) is 0 Å². The lowest BCUT2D eigenvalue weighted by molar-refractivity contribution is 0.134. The lowest BCUT2D eigenvalue weighted by Gasteiger charge is -2.08. The van der Waals surface area contributed by atoms with E-state index in [-0.39, 0.29) is 5.95 Å². The number of anilines is 3. The number of ether oxygens (including phenoxy) is 1. The summed E-state index contributed by atoms with van der Waals surface area (Å²) in [5.74, 6) is 7.35. The smallest absolute Gasteiger partial charge is 0.223 e. The van der Waals surface area contributed by atoms with Gasteiger partial charge in [0.2, 0.25) is 5.95 Å². The second kappa shape index (κ2) is 5.65. The number of nitrogen functional groups attached to an aromatic ring is 2. The Morgan fingerprint density at radius 1 is 1.35 bits per heavy atom. The first-order valence-electron chi connectivity index (χ1n) is 5.70. The Hall–Kier alpha value is -1.60. The van der Waals surface area contributed by atoms with Crippen molar-refractivity contribution < 1.29 is 4.74 Å². The fourth-order valence-corrected chi connectivity index (χ4v) is 1.42. The van der Waals surface area contributed by atoms with Crippen LogP contribution in [0.5, 0.6) is 0 Å². The number of hydrogen-bond donors (Lipinski definition) is 4. The Balaban J connectivity index is 1.71. The average Bonchev–Trinajstić information content (AvgIpc) is 3.12. The highest BCUT2D eigenvalue weighted by Crippen LogP contribution is 2.28. The SMILES string of the molecule is NNc1cc(NCCOCC2CC2)nc(N)n1. The Bertz CT molecular complexity index is 368. The summed E-state index contributed by atoms with van der Waals surface area (Å²) >= 11 is 0. The lowest BCUT2D eigenvalue weighted by atomic mass is 10.5. The Kier molecular flexibility index (Phi) is 3.94. The molecule has 1 saturated carbocycles. The molecule has 6 N–H and O–H groups in total. The zero-order chi connectivity index (χ0) is 12.1. The van der Waals surface area contributed by atoms with Gasteiger partial charge in [-0.1, -0.05) is 0 Å². The Morgan fingerprint density at radius 3 is 2.82 bits per heavy atom. The van der Waals surface area contributed by atoms with Crippen LogP contribution in [-0.2, 0) is 4.74 Å². The number of rotatable bonds is 7. The minimum absolute atomic E-state index is 0.182. The monoisotopic (exact) mass is 238 g/mol. The van der Waals surface area contributed by atoms with E-state index in [1.165, 1.54) is 12.8 Å². The van der Waals surface area contributed by atoms with E-state index in [0.29, 0.717) is 24.8 Å². The molecular formula is C10H18N6O. The highest BCUT2D eigenvalue weighted by molar-refractivity contribution is 5.50. The van der Waals surface area contributed by atoms with Gasteiger partial charge in [-0.3, -0.25) is 0 Å². The van der Waals surface area contributed by atoms with Crippen molar-refractivity contribution in [2.75, 3.05) is 36.2 Å². The maximum atomic E-state index is 5.52. The number of hydrogen-bond acceptors (Lipinski definition) is 7. The zero-order valence-electron chi connectivity index (χ0n) is 9.65. The molecule has 0 aromatic carbocycles. The molecule has 0 bridgehead atoms. The summed E-state index contributed by atoms with van der Waals surface area (Å²) in [5.41, 5.74) is 7.95. The maximum absolute atomic E-state index is 5.52. The summed E-state index contributed by atoms with van der Waals surface area (Å²) in [7, 11) is 0. The van der Waals surface area contributed by atoms with Gasteiger partial charge >= 0.3 is 0 Å². The first kappa shape index (κ1) is 11.9. The largest absolute Gasteiger partial charge is 0.379 e. The van der Waals surface area contributed by atoms with Gasteiger partial charge in [0.25, 0.3) is 0 Å². The third kappa shape index (κ3) is 4.04. The molecule has 1 aromatic rings. The first-order chi connectivity index (χ1) is 8.28. The van der Waals surface area contributed by atoms with E-state index in [1.807, 2.05) is 0 Å². The number of aromatic nitrogens is 2. The van der Waals surface area contributed by atoms with Crippen LogP contribution in [0.4, 0.5) is 17.6 Å². The van der Waals surface area contributed by atoms with E-state index >= 15 is 0 Å². The molecule has 7 nitrogen and oxygen atoms in total. The Labute approximate surface area is 99.9 Å². The van der Waals surface area contributed by atoms with Crippen LogP contribution in [0.25, 0.3) is 0 Å². The molecule has 1 aliphatic rings. The van der Waals surface area contributed by atoms with E-state index in [1.54, 1.807) is 6.07 Å². The molecule has 0 aliphatic heterocycles. The van der Waals surface area contributed by atoms with Crippen molar-refractivity contribution in [1.82, 2.24) is 9.97 Å². The van der Waals surface area contributed by atoms with Crippen molar-refractivity contribution in [3.63, 3.8) is 0 Å². The van der Waals surface area contributed by atoms with E-state index in [0.717, 1.165) is 12.5 Å². The molecule has 0 atom stereocenters. The van der Waals surface area contributed by atoms with E-state index < -0.39 is 0 Å². The molecular weight excluding hydrogens is 220 g/mol. The molecule has 94 valence electrons. The van der Waals surface area contributed by atoms with Crippen LogP contribution >= 0.6 is 0 Å². The molecule has 1 aromatic heterocycles. The predicted octanol–water partition coefficient (Wildman–Crippen LogP) is 0.183. The standard InChI is InChI=1S/C10H18N6O/c11-10-14-8(5-9(15-10)16-12)13-3-4-17-6-7-1-2-7/h5,7H,1-4,6,12H2,(H4,11,13,14,15,16). The fourth-order valence-electron chi connectivity index (χ4n) is 1.42. The zero-order valence-corrected chi connectivity index (χ0v) is 9.65. The average molecular weight is 238 g/mol. The van der Waals surface area contributed by atoms with Crippen LogP contribution < -0.4 is 22.3 Å². The first-order valence-corrected chi connectivity index (χ1v) is 5.70. The summed E-state index contributed by atoms with van der Waals surface area (Å²) in [4.78, 5) is 7.92. The molecule has 0 spiro atoms. The summed E-state index contributed by atoms with van der Waals surface area (Å²) in [6.45, 7) is 2.21. The minimum Gasteiger partial charge on any atom is -0.379 e. The van der Waals surface area contributed by atoms with Gasteiger partial charge in [0.05, 0.1) is 6.61 Å². The van der Waals surface area contributed by atoms with Crippen LogP contribution in [-0.4, -0.2) is 29.7 Å². The molecule has 0 radical (unpaired) electrons. The van der Waals surface area contributed by atoms with Gasteiger partial charge in [0.15, 0.2) is 0 Å². The Morgan fingerprint density at radius 2 is 2.12 bits per heavy atom. The maximum Gasteiger partial charge on any atom is 0.223 e. The van der Waals surface area contributed by atoms with E-state index in [9.17, 15) is 0 Å². The van der Waals surface area contributed by atoms with E-state index in [4.69, 9.17) is 16.3 Å². The molecule has 17 heavy (non-hydrogen) atoms. The topological polar surface area (TPSA) is 111 Å². The molecule has 1 fully saturated rings. The summed E-state index contributed by atoms with van der Waals surface area (Å²) < 4.78 is 5.49. The number of nitrogens with two attached hydrogens (primary N) is 2. The molecule has 2 rings (SSSR count). The van der Waals surface area contributed by atoms with Crippen LogP contribution in [0.3, 0.4) is 0 Å². The van der Waals surface area contributed by atoms with Gasteiger partial charge < -0.3 is 21.2 Å². The summed E-state index contributed by atoms with van der Waals surface area (Å²) in [6.07, 6.45) is 2.61. The highest BCUT2D eigenvalue weighted by atomic mass is 16.5. The third-order valence-corrected chi connectivity index (χ3v) is 2.49. The van der Waals surface area contributed by atoms with Crippen molar-refractivity contribution in [2.45, 2.75) is 12.8 Å². The van der Waals surface area contributed by atoms with Crippen molar-refractivity contribution >= 4 is 17.6 Å². The van der Waals surface area contributed by atoms with Crippen LogP contribution in [0.1, 0.15) is 12.8 Å². The fraction of sp³-hybridized carbons (Fsp3) is 0.600. The van der Waals surface area contributed by atoms with E-state index in [2.05, 4.69) is 20.7 Å². The summed E-state index contributed by atoms with van der Waals surface area (Å²) in [6, 6.07) is 1.69. The number of hydrazine groups is 1. The van der Waals surface area contributed by atoms with Gasteiger partial charge in [-0.05, 0) is 18.8 Å². The van der Waals surface area contributed by atoms with Crippen molar-refractivity contribution in [1.29, 1.82) is 0 Å². The van der Waals surface area contributed by atoms with Gasteiger partial charge in [-0.15, -0.1) is 0 Å². The molecule has 0 amide bonds. The number of nitrogens with one attached hydrogen (secondary N) is 2. The second-order valence-electron chi connectivity index (χ2n) is 4.09. The minimum atomic E-state index is 0.182. The lowest BCUT2D eigenvalue weighted by Crippen LogP contribution is -2.14. The quantitative estimate of drug-likeness (QED) is 0.304. The predicted molar refractivity (Wildman–Crippen MR) is 66.3 cm³/mol. The normalized spacial score (nSPS) is 14.6. The molecule has 1 aliphatic carbocycles. The highest BCUT2D eigenvalue weighted by Gasteiger charge is 2.20. The summed E-state index contributed by atoms with van der Waals surface area (Å²) in [5, 5.41) is 3.10. The van der Waals surface area contributed by atoms with Crippen molar-refractivity contribution in [2.24, 2.45) is 11.8 Å². The molecule has 0 unspecified atom stereocenters. The molecule has 7 heteroatoms. The van der Waals surface area contributed by atoms with Gasteiger partial charge in [-0.25, -0.2) is 5.84 Å². The van der Waals surface area contributed by atoms with Crippen LogP contribution in [0, 0.1) is 5.92 Å². The third-order valence-electron chi connectivity index (χ3n) is 2.49. The molecule has 1 heterocycles. The van der Waals surface area contributed by atoms with Crippen LogP contribution in [0.2, 0.25) is 0 Å². The molecule has 0 saturated heterocycles. The second-order valence-corrected chi connectivity index (χ2v) is 4.09. The van der Waals surface area contributed by atoms with Gasteiger partial charge in [-0.2, -0.15) is 9.97 Å². The van der Waals surface area contributed by atoms with Crippen LogP contribution in [0.15, 0.2) is 6.07 Å². The van der Waals surface area contributed by atoms with Gasteiger partial charge in [0.1, 0.15) is 11.6 Å². The van der Waals surface area contributed by atoms with Gasteiger partial charge in [0, 0.05) is 19.2 Å².